The minimum atomic E-state index is -5.29. The molecule has 2 amide bonds. The lowest BCUT2D eigenvalue weighted by molar-refractivity contribution is -0.256. The molecule has 1 saturated heterocycles. The molecule has 5 nitrogen and oxygen atoms in total. The second-order valence-corrected chi connectivity index (χ2v) is 8.70. The summed E-state index contributed by atoms with van der Waals surface area (Å²) in [6, 6.07) is 6.14. The Hall–Kier alpha value is -3.21. The zero-order valence-corrected chi connectivity index (χ0v) is 19.2. The number of nitrogens with zero attached hydrogens (tertiary/aromatic N) is 2. The van der Waals surface area contributed by atoms with Gasteiger partial charge in [0.25, 0.3) is 5.91 Å². The number of fused-ring (bicyclic) bond motifs is 1. The maximum Gasteiger partial charge on any atom is 0.410 e. The molecule has 0 bridgehead atoms. The molecule has 3 atom stereocenters. The van der Waals surface area contributed by atoms with E-state index >= 15 is 0 Å². The molecule has 4 rings (SSSR count). The summed E-state index contributed by atoms with van der Waals surface area (Å²) in [6.07, 6.45) is -9.54. The molecule has 2 aromatic carbocycles. The highest BCUT2D eigenvalue weighted by Crippen LogP contribution is 2.41. The highest BCUT2D eigenvalue weighted by molar-refractivity contribution is 6.27. The highest BCUT2D eigenvalue weighted by Gasteiger charge is 2.62. The van der Waals surface area contributed by atoms with Crippen molar-refractivity contribution in [2.75, 3.05) is 12.4 Å². The maximum atomic E-state index is 14.5. The van der Waals surface area contributed by atoms with Crippen molar-refractivity contribution in [3.63, 3.8) is 0 Å². The van der Waals surface area contributed by atoms with Crippen LogP contribution in [0.1, 0.15) is 15.9 Å². The number of carbonyl (C=O) groups excluding carboxylic acids is 2. The molecule has 1 aliphatic heterocycles. The van der Waals surface area contributed by atoms with Crippen molar-refractivity contribution in [1.29, 1.82) is 0 Å². The molecule has 2 heterocycles. The first kappa shape index (κ1) is 25.9. The number of hydrogen-bond donors (Lipinski definition) is 1. The number of benzene rings is 2. The Morgan fingerprint density at radius 1 is 0.944 bits per heavy atom. The van der Waals surface area contributed by atoms with E-state index in [0.29, 0.717) is 21.4 Å². The Labute approximate surface area is 206 Å². The van der Waals surface area contributed by atoms with E-state index < -0.39 is 61.1 Å². The quantitative estimate of drug-likeness (QED) is 0.373. The van der Waals surface area contributed by atoms with E-state index in [0.717, 1.165) is 0 Å². The minimum absolute atomic E-state index is 0.0691. The molecule has 12 heteroatoms. The van der Waals surface area contributed by atoms with Gasteiger partial charge in [-0.3, -0.25) is 9.59 Å². The van der Waals surface area contributed by atoms with Crippen molar-refractivity contribution in [3.8, 4) is 0 Å². The van der Waals surface area contributed by atoms with Crippen LogP contribution in [0.3, 0.4) is 0 Å². The molecule has 192 valence electrons. The molecule has 0 spiro atoms. The highest BCUT2D eigenvalue weighted by atomic mass is 35.5. The molecule has 1 aliphatic rings. The van der Waals surface area contributed by atoms with Gasteiger partial charge in [0, 0.05) is 22.7 Å². The second kappa shape index (κ2) is 9.68. The summed E-state index contributed by atoms with van der Waals surface area (Å²) in [4.78, 5) is 29.1. The van der Waals surface area contributed by atoms with Crippen LogP contribution in [-0.4, -0.2) is 69.5 Å². The Bertz CT molecular complexity index is 1240. The van der Waals surface area contributed by atoms with Crippen LogP contribution >= 0.6 is 11.6 Å². The summed E-state index contributed by atoms with van der Waals surface area (Å²) in [7, 11) is 0. The molecule has 0 aliphatic carbocycles. The topological polar surface area (TPSA) is 56.4 Å². The fourth-order valence-corrected chi connectivity index (χ4v) is 4.86. The van der Waals surface area contributed by atoms with Crippen molar-refractivity contribution in [3.05, 3.63) is 71.9 Å². The fraction of sp³-hybridized carbons (Fsp3) is 0.333. The van der Waals surface area contributed by atoms with Crippen LogP contribution in [0.5, 0.6) is 0 Å². The second-order valence-electron chi connectivity index (χ2n) is 8.43. The number of nitrogens with one attached hydrogen (secondary N) is 1. The Balaban J connectivity index is 1.89. The predicted octanol–water partition coefficient (Wildman–Crippen LogP) is 5.16. The van der Waals surface area contributed by atoms with E-state index in [-0.39, 0.29) is 10.5 Å². The lowest BCUT2D eigenvalue weighted by Gasteiger charge is -2.52. The summed E-state index contributed by atoms with van der Waals surface area (Å²) in [5.41, 5.74) is 0.898. The van der Waals surface area contributed by atoms with Crippen LogP contribution in [0.25, 0.3) is 10.9 Å². The number of hydrogen-bond acceptors (Lipinski definition) is 2. The molecule has 36 heavy (non-hydrogen) atoms. The van der Waals surface area contributed by atoms with Gasteiger partial charge in [0.05, 0.1) is 12.6 Å². The first-order valence-corrected chi connectivity index (χ1v) is 11.4. The zero-order valence-electron chi connectivity index (χ0n) is 18.5. The average Bonchev–Trinajstić information content (AvgIpc) is 3.24. The first-order chi connectivity index (χ1) is 16.9. The number of amides is 2. The molecule has 1 N–H and O–H groups in total. The SMILES string of the molecule is O=C(CCl)N1C(C(F)(F)F)CN(C(=O)c2ccccc2)[C@H](Cc2c[nH]c3ccccc23)C1C(F)(F)F. The number of para-hydroxylation sites is 1. The molecule has 1 fully saturated rings. The van der Waals surface area contributed by atoms with Gasteiger partial charge >= 0.3 is 12.4 Å². The average molecular weight is 532 g/mol. The normalized spacial score (nSPS) is 21.1. The van der Waals surface area contributed by atoms with Crippen molar-refractivity contribution in [1.82, 2.24) is 14.8 Å². The van der Waals surface area contributed by atoms with Gasteiger partial charge in [0.1, 0.15) is 18.0 Å². The number of aromatic amines is 1. The summed E-state index contributed by atoms with van der Waals surface area (Å²) < 4.78 is 85.8. The molecule has 0 saturated carbocycles. The molecule has 2 unspecified atom stereocenters. The van der Waals surface area contributed by atoms with Gasteiger partial charge in [-0.05, 0) is 30.2 Å². The number of halogens is 7. The van der Waals surface area contributed by atoms with Crippen LogP contribution in [0.15, 0.2) is 60.8 Å². The molecule has 0 radical (unpaired) electrons. The molecule has 1 aromatic heterocycles. The van der Waals surface area contributed by atoms with E-state index in [1.54, 1.807) is 30.3 Å². The zero-order chi connectivity index (χ0) is 26.3. The van der Waals surface area contributed by atoms with E-state index in [2.05, 4.69) is 4.98 Å². The van der Waals surface area contributed by atoms with Gasteiger partial charge in [-0.15, -0.1) is 11.6 Å². The summed E-state index contributed by atoms with van der Waals surface area (Å²) >= 11 is 5.47. The number of H-pyrrole nitrogens is 1. The van der Waals surface area contributed by atoms with Gasteiger partial charge in [0.2, 0.25) is 5.91 Å². The van der Waals surface area contributed by atoms with Crippen LogP contribution in [0.4, 0.5) is 26.3 Å². The van der Waals surface area contributed by atoms with E-state index in [1.807, 2.05) is 0 Å². The van der Waals surface area contributed by atoms with Gasteiger partial charge in [-0.25, -0.2) is 0 Å². The smallest absolute Gasteiger partial charge is 0.361 e. The summed E-state index contributed by atoms with van der Waals surface area (Å²) in [6.45, 7) is -1.17. The number of alkyl halides is 7. The van der Waals surface area contributed by atoms with Crippen LogP contribution in [-0.2, 0) is 11.2 Å². The Morgan fingerprint density at radius 2 is 1.58 bits per heavy atom. The number of carbonyl (C=O) groups is 2. The molecular formula is C24H20ClF6N3O2. The van der Waals surface area contributed by atoms with E-state index in [9.17, 15) is 35.9 Å². The monoisotopic (exact) mass is 531 g/mol. The lowest BCUT2D eigenvalue weighted by Crippen LogP contribution is -2.73. The largest absolute Gasteiger partial charge is 0.410 e. The molecular weight excluding hydrogens is 512 g/mol. The van der Waals surface area contributed by atoms with Crippen molar-refractivity contribution in [2.24, 2.45) is 0 Å². The van der Waals surface area contributed by atoms with Crippen molar-refractivity contribution < 1.29 is 35.9 Å². The van der Waals surface area contributed by atoms with Crippen LogP contribution in [0, 0.1) is 0 Å². The predicted molar refractivity (Wildman–Crippen MR) is 121 cm³/mol. The van der Waals surface area contributed by atoms with Gasteiger partial charge < -0.3 is 14.8 Å². The first-order valence-electron chi connectivity index (χ1n) is 10.8. The Morgan fingerprint density at radius 3 is 2.19 bits per heavy atom. The lowest BCUT2D eigenvalue weighted by atomic mass is 9.90. The number of aromatic nitrogens is 1. The van der Waals surface area contributed by atoms with E-state index in [1.165, 1.54) is 30.5 Å². The van der Waals surface area contributed by atoms with Crippen LogP contribution in [0.2, 0.25) is 0 Å². The third-order valence-corrected chi connectivity index (χ3v) is 6.50. The number of rotatable bonds is 4. The standard InChI is InChI=1S/C24H20ClF6N3O2/c25-11-20(35)34-19(23(26,27)28)13-33(22(36)14-6-2-1-3-7-14)18(21(34)24(29,30)31)10-15-12-32-17-9-5-4-8-16(15)17/h1-9,12,18-19,21,32H,10-11,13H2/t18-,19?,21?/m1/s1. The van der Waals surface area contributed by atoms with Crippen LogP contribution < -0.4 is 0 Å². The van der Waals surface area contributed by atoms with Gasteiger partial charge in [-0.2, -0.15) is 26.3 Å². The van der Waals surface area contributed by atoms with Gasteiger partial charge in [-0.1, -0.05) is 36.4 Å². The van der Waals surface area contributed by atoms with E-state index in [4.69, 9.17) is 11.6 Å². The minimum Gasteiger partial charge on any atom is -0.361 e. The van der Waals surface area contributed by atoms with Crippen molar-refractivity contribution in [2.45, 2.75) is 36.9 Å². The Kier molecular flexibility index (Phi) is 6.96. The maximum absolute atomic E-state index is 14.5. The number of piperazine rings is 1. The van der Waals surface area contributed by atoms with Crippen molar-refractivity contribution >= 4 is 34.3 Å². The molecule has 3 aromatic rings. The summed E-state index contributed by atoms with van der Waals surface area (Å²) in [5, 5.41) is 0.554. The third-order valence-electron chi connectivity index (χ3n) is 6.27. The fourth-order valence-electron chi connectivity index (χ4n) is 4.72. The van der Waals surface area contributed by atoms with Gasteiger partial charge in [0.15, 0.2) is 0 Å². The summed E-state index contributed by atoms with van der Waals surface area (Å²) in [5.74, 6) is -3.59. The third kappa shape index (κ3) is 4.88.